The van der Waals surface area contributed by atoms with Gasteiger partial charge in [0.1, 0.15) is 11.9 Å². The molecule has 116 valence electrons. The number of nitrogens with zero attached hydrogens (tertiary/aromatic N) is 1. The van der Waals surface area contributed by atoms with E-state index in [1.54, 1.807) is 23.1 Å². The summed E-state index contributed by atoms with van der Waals surface area (Å²) in [7, 11) is 0. The summed E-state index contributed by atoms with van der Waals surface area (Å²) in [5, 5.41) is 3.07. The van der Waals surface area contributed by atoms with Crippen LogP contribution in [0.5, 0.6) is 5.75 Å². The van der Waals surface area contributed by atoms with Gasteiger partial charge in [-0.25, -0.2) is 0 Å². The summed E-state index contributed by atoms with van der Waals surface area (Å²) in [6, 6.07) is 6.57. The Morgan fingerprint density at radius 3 is 2.57 bits per heavy atom. The highest BCUT2D eigenvalue weighted by Gasteiger charge is 2.37. The molecule has 1 saturated heterocycles. The number of halogens is 2. The minimum atomic E-state index is -2.89. The highest BCUT2D eigenvalue weighted by Crippen LogP contribution is 2.33. The third-order valence-electron chi connectivity index (χ3n) is 3.85. The molecule has 1 amide bonds. The van der Waals surface area contributed by atoms with Gasteiger partial charge < -0.3 is 9.64 Å². The summed E-state index contributed by atoms with van der Waals surface area (Å²) >= 11 is 0. The van der Waals surface area contributed by atoms with Crippen molar-refractivity contribution in [2.45, 2.75) is 39.6 Å². The van der Waals surface area contributed by atoms with Gasteiger partial charge in [-0.15, -0.1) is 0 Å². The molecule has 1 fully saturated rings. The van der Waals surface area contributed by atoms with Crippen LogP contribution in [0.15, 0.2) is 24.3 Å². The number of para-hydroxylation sites is 1. The molecule has 1 aromatic rings. The number of alkyl halides is 2. The summed E-state index contributed by atoms with van der Waals surface area (Å²) in [5.41, 5.74) is 0.552. The molecule has 2 unspecified atom stereocenters. The van der Waals surface area contributed by atoms with Crippen LogP contribution in [0.2, 0.25) is 0 Å². The highest BCUT2D eigenvalue weighted by atomic mass is 19.3. The van der Waals surface area contributed by atoms with Crippen molar-refractivity contribution in [3.63, 3.8) is 0 Å². The van der Waals surface area contributed by atoms with E-state index in [9.17, 15) is 13.6 Å². The third kappa shape index (κ3) is 3.32. The molecule has 0 aliphatic carbocycles. The second-order valence-electron chi connectivity index (χ2n) is 5.49. The van der Waals surface area contributed by atoms with Crippen molar-refractivity contribution < 1.29 is 18.3 Å². The Hall–Kier alpha value is -1.69. The Morgan fingerprint density at radius 2 is 1.95 bits per heavy atom. The van der Waals surface area contributed by atoms with Crippen LogP contribution >= 0.6 is 0 Å². The van der Waals surface area contributed by atoms with E-state index in [4.69, 9.17) is 0 Å². The van der Waals surface area contributed by atoms with Crippen molar-refractivity contribution in [1.29, 1.82) is 0 Å². The van der Waals surface area contributed by atoms with Crippen LogP contribution in [-0.4, -0.2) is 30.0 Å². The van der Waals surface area contributed by atoms with E-state index >= 15 is 0 Å². The van der Waals surface area contributed by atoms with Crippen LogP contribution in [-0.2, 0) is 4.79 Å². The Bertz CT molecular complexity index is 508. The predicted molar refractivity (Wildman–Crippen MR) is 75.0 cm³/mol. The summed E-state index contributed by atoms with van der Waals surface area (Å²) in [4.78, 5) is 13.8. The van der Waals surface area contributed by atoms with Crippen molar-refractivity contribution in [2.24, 2.45) is 5.92 Å². The van der Waals surface area contributed by atoms with Gasteiger partial charge in [0.15, 0.2) is 0 Å². The van der Waals surface area contributed by atoms with E-state index in [0.717, 1.165) is 0 Å². The van der Waals surface area contributed by atoms with Gasteiger partial charge >= 0.3 is 6.61 Å². The summed E-state index contributed by atoms with van der Waals surface area (Å²) in [6.07, 6.45) is -0.440. The molecule has 0 spiro atoms. The molecule has 1 aromatic carbocycles. The zero-order chi connectivity index (χ0) is 15.6. The Labute approximate surface area is 123 Å². The van der Waals surface area contributed by atoms with Gasteiger partial charge in [-0.2, -0.15) is 8.78 Å². The first-order valence-corrected chi connectivity index (χ1v) is 7.00. The molecule has 2 atom stereocenters. The molecule has 0 saturated carbocycles. The topological polar surface area (TPSA) is 41.6 Å². The van der Waals surface area contributed by atoms with Crippen molar-refractivity contribution in [1.82, 2.24) is 10.2 Å². The molecule has 6 heteroatoms. The minimum Gasteiger partial charge on any atom is -0.434 e. The van der Waals surface area contributed by atoms with Gasteiger partial charge in [0.05, 0.1) is 6.54 Å². The second-order valence-corrected chi connectivity index (χ2v) is 5.49. The molecule has 0 bridgehead atoms. The van der Waals surface area contributed by atoms with Crippen molar-refractivity contribution in [3.05, 3.63) is 29.8 Å². The maximum atomic E-state index is 12.5. The van der Waals surface area contributed by atoms with E-state index in [1.807, 2.05) is 20.8 Å². The number of benzene rings is 1. The zero-order valence-corrected chi connectivity index (χ0v) is 12.3. The molecule has 2 rings (SSSR count). The number of carbonyl (C=O) groups is 1. The van der Waals surface area contributed by atoms with E-state index in [1.165, 1.54) is 6.07 Å². The molecule has 0 radical (unpaired) electrons. The number of hydrogen-bond donors (Lipinski definition) is 1. The lowest BCUT2D eigenvalue weighted by molar-refractivity contribution is -0.131. The lowest BCUT2D eigenvalue weighted by Gasteiger charge is -2.33. The van der Waals surface area contributed by atoms with Crippen LogP contribution < -0.4 is 10.1 Å². The smallest absolute Gasteiger partial charge is 0.387 e. The minimum absolute atomic E-state index is 0.00268. The number of carbonyl (C=O) groups excluding carboxylic acids is 1. The fourth-order valence-corrected chi connectivity index (χ4v) is 2.47. The standard InChI is InChI=1S/C15H20F2N2O2/c1-9(2)10(3)19-13(20)8-18-14(19)11-6-4-5-7-12(11)21-15(16)17/h4-7,9-10,14-15,18H,8H2,1-3H3. The number of ether oxygens (including phenoxy) is 1. The van der Waals surface area contributed by atoms with Gasteiger partial charge in [-0.05, 0) is 18.9 Å². The second kappa shape index (κ2) is 6.39. The van der Waals surface area contributed by atoms with E-state index in [0.29, 0.717) is 5.56 Å². The predicted octanol–water partition coefficient (Wildman–Crippen LogP) is 2.76. The number of hydrogen-bond acceptors (Lipinski definition) is 3. The largest absolute Gasteiger partial charge is 0.434 e. The van der Waals surface area contributed by atoms with Gasteiger partial charge in [0.25, 0.3) is 0 Å². The first kappa shape index (κ1) is 15.7. The summed E-state index contributed by atoms with van der Waals surface area (Å²) in [5.74, 6) is 0.327. The Balaban J connectivity index is 2.34. The summed E-state index contributed by atoms with van der Waals surface area (Å²) in [6.45, 7) is 3.31. The first-order valence-electron chi connectivity index (χ1n) is 7.00. The van der Waals surface area contributed by atoms with E-state index in [-0.39, 0.29) is 30.2 Å². The molecule has 21 heavy (non-hydrogen) atoms. The van der Waals surface area contributed by atoms with Crippen LogP contribution in [0.1, 0.15) is 32.5 Å². The fraction of sp³-hybridized carbons (Fsp3) is 0.533. The summed E-state index contributed by atoms with van der Waals surface area (Å²) < 4.78 is 29.6. The van der Waals surface area contributed by atoms with Crippen LogP contribution in [0.25, 0.3) is 0 Å². The molecule has 4 nitrogen and oxygen atoms in total. The lowest BCUT2D eigenvalue weighted by Crippen LogP contribution is -2.40. The van der Waals surface area contributed by atoms with Gasteiger partial charge in [-0.1, -0.05) is 32.0 Å². The van der Waals surface area contributed by atoms with E-state index in [2.05, 4.69) is 10.1 Å². The normalized spacial score (nSPS) is 20.4. The number of nitrogens with one attached hydrogen (secondary N) is 1. The molecular weight excluding hydrogens is 278 g/mol. The fourth-order valence-electron chi connectivity index (χ4n) is 2.47. The molecule has 1 N–H and O–H groups in total. The number of rotatable bonds is 5. The molecular formula is C15H20F2N2O2. The quantitative estimate of drug-likeness (QED) is 0.909. The maximum Gasteiger partial charge on any atom is 0.387 e. The van der Waals surface area contributed by atoms with Crippen LogP contribution in [0.3, 0.4) is 0 Å². The van der Waals surface area contributed by atoms with E-state index < -0.39 is 12.8 Å². The van der Waals surface area contributed by atoms with Crippen molar-refractivity contribution in [3.8, 4) is 5.75 Å². The molecule has 1 heterocycles. The average Bonchev–Trinajstić information content (AvgIpc) is 2.79. The maximum absolute atomic E-state index is 12.5. The van der Waals surface area contributed by atoms with Gasteiger partial charge in [-0.3, -0.25) is 10.1 Å². The van der Waals surface area contributed by atoms with Gasteiger partial charge in [0.2, 0.25) is 5.91 Å². The van der Waals surface area contributed by atoms with Crippen molar-refractivity contribution >= 4 is 5.91 Å². The molecule has 0 aromatic heterocycles. The highest BCUT2D eigenvalue weighted by molar-refractivity contribution is 5.81. The van der Waals surface area contributed by atoms with Crippen molar-refractivity contribution in [2.75, 3.05) is 6.54 Å². The SMILES string of the molecule is CC(C)C(C)N1C(=O)CNC1c1ccccc1OC(F)F. The first-order chi connectivity index (χ1) is 9.91. The van der Waals surface area contributed by atoms with Crippen LogP contribution in [0.4, 0.5) is 8.78 Å². The lowest BCUT2D eigenvalue weighted by atomic mass is 10.0. The number of amides is 1. The average molecular weight is 298 g/mol. The van der Waals surface area contributed by atoms with Crippen LogP contribution in [0, 0.1) is 5.92 Å². The van der Waals surface area contributed by atoms with Gasteiger partial charge in [0, 0.05) is 11.6 Å². The third-order valence-corrected chi connectivity index (χ3v) is 3.85. The molecule has 1 aliphatic rings. The monoisotopic (exact) mass is 298 g/mol. The zero-order valence-electron chi connectivity index (χ0n) is 12.3. The Kier molecular flexibility index (Phi) is 4.77. The molecule has 1 aliphatic heterocycles. The Morgan fingerprint density at radius 1 is 1.29 bits per heavy atom.